The van der Waals surface area contributed by atoms with Crippen molar-refractivity contribution in [3.63, 3.8) is 0 Å². The summed E-state index contributed by atoms with van der Waals surface area (Å²) in [6.45, 7) is 0. The number of sulfone groups is 1. The Bertz CT molecular complexity index is 676. The minimum absolute atomic E-state index is 0.00526. The number of nitrogens with zero attached hydrogens (tertiary/aromatic N) is 1. The van der Waals surface area contributed by atoms with Crippen molar-refractivity contribution in [3.8, 4) is 0 Å². The molecule has 0 bridgehead atoms. The summed E-state index contributed by atoms with van der Waals surface area (Å²) in [5.41, 5.74) is 2.89. The van der Waals surface area contributed by atoms with E-state index in [1.165, 1.54) is 5.01 Å². The molecule has 2 N–H and O–H groups in total. The van der Waals surface area contributed by atoms with Crippen LogP contribution in [0.1, 0.15) is 16.8 Å². The van der Waals surface area contributed by atoms with Crippen molar-refractivity contribution >= 4 is 37.6 Å². The van der Waals surface area contributed by atoms with Crippen LogP contribution in [0.15, 0.2) is 28.7 Å². The van der Waals surface area contributed by atoms with Crippen molar-refractivity contribution in [2.45, 2.75) is 12.5 Å². The lowest BCUT2D eigenvalue weighted by Gasteiger charge is -2.21. The summed E-state index contributed by atoms with van der Waals surface area (Å²) in [7, 11) is 0.00831. The van der Waals surface area contributed by atoms with E-state index in [1.807, 2.05) is 0 Å². The molecule has 0 aromatic heterocycles. The van der Waals surface area contributed by atoms with E-state index in [4.69, 9.17) is 0 Å². The lowest BCUT2D eigenvalue weighted by atomic mass is 10.1. The zero-order valence-electron chi connectivity index (χ0n) is 13.2. The third-order valence-corrected chi connectivity index (χ3v) is 4.52. The molecule has 1 atom stereocenters. The maximum absolute atomic E-state index is 12.3. The van der Waals surface area contributed by atoms with Crippen LogP contribution < -0.4 is 10.7 Å². The van der Waals surface area contributed by atoms with Crippen LogP contribution in [0.25, 0.3) is 0 Å². The monoisotopic (exact) mass is 405 g/mol. The summed E-state index contributed by atoms with van der Waals surface area (Å²) in [4.78, 5) is 24.5. The number of carbonyl (C=O) groups excluding carboxylic acids is 2. The Labute approximate surface area is 144 Å². The highest BCUT2D eigenvalue weighted by Gasteiger charge is 2.24. The van der Waals surface area contributed by atoms with E-state index < -0.39 is 27.7 Å². The van der Waals surface area contributed by atoms with E-state index in [0.29, 0.717) is 10.0 Å². The van der Waals surface area contributed by atoms with Crippen LogP contribution in [0.4, 0.5) is 0 Å². The molecule has 0 unspecified atom stereocenters. The molecule has 0 aliphatic rings. The molecule has 1 rings (SSSR count). The maximum atomic E-state index is 12.3. The third-order valence-electron chi connectivity index (χ3n) is 2.85. The molecule has 9 heteroatoms. The number of benzene rings is 1. The SMILES string of the molecule is CN(C)NC(=O)[C@@H](CCS(C)(=O)=O)NC(=O)c1ccccc1Br. The van der Waals surface area contributed by atoms with Gasteiger partial charge in [-0.2, -0.15) is 0 Å². The Balaban J connectivity index is 2.89. The van der Waals surface area contributed by atoms with Gasteiger partial charge in [0.2, 0.25) is 0 Å². The number of amides is 2. The first kappa shape index (κ1) is 19.6. The molecule has 0 heterocycles. The summed E-state index contributed by atoms with van der Waals surface area (Å²) in [6, 6.07) is 5.83. The Morgan fingerprint density at radius 1 is 1.26 bits per heavy atom. The van der Waals surface area contributed by atoms with Gasteiger partial charge in [0.1, 0.15) is 15.9 Å². The predicted octanol–water partition coefficient (Wildman–Crippen LogP) is 0.575. The van der Waals surface area contributed by atoms with Crippen LogP contribution in [0.5, 0.6) is 0 Å². The fourth-order valence-electron chi connectivity index (χ4n) is 1.78. The quantitative estimate of drug-likeness (QED) is 0.646. The lowest BCUT2D eigenvalue weighted by Crippen LogP contribution is -2.51. The number of hydrazine groups is 1. The maximum Gasteiger partial charge on any atom is 0.256 e. The van der Waals surface area contributed by atoms with Crippen LogP contribution in [0.2, 0.25) is 0 Å². The Morgan fingerprint density at radius 2 is 1.87 bits per heavy atom. The number of carbonyl (C=O) groups is 2. The van der Waals surface area contributed by atoms with Crippen LogP contribution in [-0.4, -0.2) is 57.4 Å². The van der Waals surface area contributed by atoms with Crippen LogP contribution in [-0.2, 0) is 14.6 Å². The second-order valence-electron chi connectivity index (χ2n) is 5.29. The highest BCUT2D eigenvalue weighted by Crippen LogP contribution is 2.16. The fraction of sp³-hybridized carbons (Fsp3) is 0.429. The van der Waals surface area contributed by atoms with Crippen molar-refractivity contribution in [3.05, 3.63) is 34.3 Å². The lowest BCUT2D eigenvalue weighted by molar-refractivity contribution is -0.126. The molecule has 23 heavy (non-hydrogen) atoms. The van der Waals surface area contributed by atoms with Gasteiger partial charge >= 0.3 is 0 Å². The zero-order chi connectivity index (χ0) is 17.6. The average Bonchev–Trinajstić information content (AvgIpc) is 2.41. The standard InChI is InChI=1S/C14H20BrN3O4S/c1-18(2)17-14(20)12(8-9-23(3,21)22)16-13(19)10-6-4-5-7-11(10)15/h4-7,12H,8-9H2,1-3H3,(H,16,19)(H,17,20)/t12-/m1/s1. The normalized spacial score (nSPS) is 12.7. The molecule has 0 spiro atoms. The van der Waals surface area contributed by atoms with Gasteiger partial charge in [-0.15, -0.1) is 0 Å². The first-order valence-corrected chi connectivity index (χ1v) is 9.66. The second-order valence-corrected chi connectivity index (χ2v) is 8.41. The fourth-order valence-corrected chi connectivity index (χ4v) is 2.91. The molecular weight excluding hydrogens is 386 g/mol. The van der Waals surface area contributed by atoms with Crippen LogP contribution in [0.3, 0.4) is 0 Å². The molecule has 0 radical (unpaired) electrons. The van der Waals surface area contributed by atoms with E-state index in [2.05, 4.69) is 26.7 Å². The summed E-state index contributed by atoms with van der Waals surface area (Å²) in [5, 5.41) is 4.01. The molecule has 0 saturated heterocycles. The molecule has 0 aliphatic carbocycles. The van der Waals surface area contributed by atoms with Gasteiger partial charge < -0.3 is 5.32 Å². The molecule has 0 aliphatic heterocycles. The minimum atomic E-state index is -3.24. The van der Waals surface area contributed by atoms with Gasteiger partial charge in [-0.25, -0.2) is 13.4 Å². The van der Waals surface area contributed by atoms with E-state index in [-0.39, 0.29) is 12.2 Å². The molecule has 2 amide bonds. The van der Waals surface area contributed by atoms with Crippen LogP contribution >= 0.6 is 15.9 Å². The first-order chi connectivity index (χ1) is 10.6. The summed E-state index contributed by atoms with van der Waals surface area (Å²) in [6.07, 6.45) is 1.08. The topological polar surface area (TPSA) is 95.6 Å². The van der Waals surface area contributed by atoms with Gasteiger partial charge in [0.05, 0.1) is 11.3 Å². The molecule has 7 nitrogen and oxygen atoms in total. The van der Waals surface area contributed by atoms with Crippen molar-refractivity contribution in [2.24, 2.45) is 0 Å². The zero-order valence-corrected chi connectivity index (χ0v) is 15.6. The summed E-state index contributed by atoms with van der Waals surface area (Å²) < 4.78 is 23.2. The van der Waals surface area contributed by atoms with Crippen molar-refractivity contribution in [1.82, 2.24) is 15.8 Å². The van der Waals surface area contributed by atoms with Crippen molar-refractivity contribution in [1.29, 1.82) is 0 Å². The second kappa shape index (κ2) is 8.42. The molecule has 1 aromatic rings. The Hall–Kier alpha value is -1.45. The van der Waals surface area contributed by atoms with E-state index >= 15 is 0 Å². The minimum Gasteiger partial charge on any atom is -0.340 e. The molecule has 0 fully saturated rings. The van der Waals surface area contributed by atoms with Gasteiger partial charge in [0.15, 0.2) is 0 Å². The number of hydrogen-bond donors (Lipinski definition) is 2. The first-order valence-electron chi connectivity index (χ1n) is 6.81. The molecule has 128 valence electrons. The smallest absolute Gasteiger partial charge is 0.256 e. The largest absolute Gasteiger partial charge is 0.340 e. The summed E-state index contributed by atoms with van der Waals surface area (Å²) >= 11 is 3.27. The van der Waals surface area contributed by atoms with Crippen LogP contribution in [0, 0.1) is 0 Å². The van der Waals surface area contributed by atoms with Gasteiger partial charge in [-0.1, -0.05) is 12.1 Å². The van der Waals surface area contributed by atoms with Gasteiger partial charge in [0.25, 0.3) is 11.8 Å². The highest BCUT2D eigenvalue weighted by atomic mass is 79.9. The van der Waals surface area contributed by atoms with E-state index in [1.54, 1.807) is 38.4 Å². The van der Waals surface area contributed by atoms with Crippen molar-refractivity contribution < 1.29 is 18.0 Å². The number of nitrogens with one attached hydrogen (secondary N) is 2. The average molecular weight is 406 g/mol. The predicted molar refractivity (Wildman–Crippen MR) is 91.6 cm³/mol. The Morgan fingerprint density at radius 3 is 2.39 bits per heavy atom. The number of rotatable bonds is 7. The third kappa shape index (κ3) is 7.10. The number of hydrogen-bond acceptors (Lipinski definition) is 5. The van der Waals surface area contributed by atoms with Gasteiger partial charge in [-0.05, 0) is 34.5 Å². The van der Waals surface area contributed by atoms with Gasteiger partial charge in [-0.3, -0.25) is 15.0 Å². The molecule has 1 aromatic carbocycles. The Kier molecular flexibility index (Phi) is 7.17. The summed E-state index contributed by atoms with van der Waals surface area (Å²) in [5.74, 6) is -1.13. The van der Waals surface area contributed by atoms with E-state index in [9.17, 15) is 18.0 Å². The van der Waals surface area contributed by atoms with Gasteiger partial charge in [0, 0.05) is 24.8 Å². The molecule has 0 saturated carbocycles. The highest BCUT2D eigenvalue weighted by molar-refractivity contribution is 9.10. The molecular formula is C14H20BrN3O4S. The number of halogens is 1. The van der Waals surface area contributed by atoms with E-state index in [0.717, 1.165) is 6.26 Å². The van der Waals surface area contributed by atoms with Crippen molar-refractivity contribution in [2.75, 3.05) is 26.1 Å².